The lowest BCUT2D eigenvalue weighted by Crippen LogP contribution is -2.12. The van der Waals surface area contributed by atoms with Crippen molar-refractivity contribution in [2.24, 2.45) is 0 Å². The van der Waals surface area contributed by atoms with Crippen molar-refractivity contribution in [3.8, 4) is 28.7 Å². The largest absolute Gasteiger partial charge is 0.496 e. The van der Waals surface area contributed by atoms with E-state index < -0.39 is 0 Å². The molecule has 0 bridgehead atoms. The minimum atomic E-state index is -0.241. The summed E-state index contributed by atoms with van der Waals surface area (Å²) in [5.41, 5.74) is 2.76. The van der Waals surface area contributed by atoms with Crippen molar-refractivity contribution in [3.05, 3.63) is 84.4 Å². The Kier molecular flexibility index (Phi) is 4.84. The van der Waals surface area contributed by atoms with Gasteiger partial charge in [0, 0.05) is 16.8 Å². The van der Waals surface area contributed by atoms with Crippen LogP contribution in [0.15, 0.2) is 83.3 Å². The van der Waals surface area contributed by atoms with E-state index in [1.165, 1.54) is 7.11 Å². The van der Waals surface area contributed by atoms with Gasteiger partial charge in [-0.3, -0.25) is 4.79 Å². The van der Waals surface area contributed by atoms with E-state index in [-0.39, 0.29) is 5.91 Å². The van der Waals surface area contributed by atoms with Crippen LogP contribution in [-0.4, -0.2) is 23.2 Å². The molecule has 0 saturated heterocycles. The van der Waals surface area contributed by atoms with E-state index >= 15 is 0 Å². The van der Waals surface area contributed by atoms with Gasteiger partial charge in [0.05, 0.1) is 12.7 Å². The van der Waals surface area contributed by atoms with Crippen LogP contribution in [0, 0.1) is 0 Å². The summed E-state index contributed by atoms with van der Waals surface area (Å²) in [4.78, 5) is 12.5. The van der Waals surface area contributed by atoms with E-state index in [0.29, 0.717) is 28.8 Å². The molecule has 0 unspecified atom stereocenters. The van der Waals surface area contributed by atoms with Crippen LogP contribution in [0.5, 0.6) is 5.75 Å². The predicted molar refractivity (Wildman–Crippen MR) is 106 cm³/mol. The van der Waals surface area contributed by atoms with Gasteiger partial charge in [-0.2, -0.15) is 0 Å². The molecular formula is C22H17N3O3. The molecule has 6 heteroatoms. The molecule has 1 aromatic heterocycles. The number of benzene rings is 3. The lowest BCUT2D eigenvalue weighted by Gasteiger charge is -2.09. The van der Waals surface area contributed by atoms with Gasteiger partial charge in [0.2, 0.25) is 11.8 Å². The van der Waals surface area contributed by atoms with Crippen molar-refractivity contribution in [3.63, 3.8) is 0 Å². The van der Waals surface area contributed by atoms with Gasteiger partial charge in [-0.15, -0.1) is 10.2 Å². The summed E-state index contributed by atoms with van der Waals surface area (Å²) in [6, 6.07) is 23.9. The molecule has 6 nitrogen and oxygen atoms in total. The van der Waals surface area contributed by atoms with Crippen LogP contribution < -0.4 is 10.1 Å². The van der Waals surface area contributed by atoms with Crippen molar-refractivity contribution in [1.82, 2.24) is 10.2 Å². The Morgan fingerprint density at radius 2 is 1.43 bits per heavy atom. The van der Waals surface area contributed by atoms with E-state index in [0.717, 1.165) is 11.1 Å². The standard InChI is InChI=1S/C22H17N3O3/c1-27-19-10-6-5-9-18(19)20(26)23-17-13-11-16(12-14-17)22-25-24-21(28-22)15-7-3-2-4-8-15/h2-14H,1H3,(H,23,26). The zero-order chi connectivity index (χ0) is 19.3. The summed E-state index contributed by atoms with van der Waals surface area (Å²) in [6.45, 7) is 0. The van der Waals surface area contributed by atoms with E-state index in [1.54, 1.807) is 30.3 Å². The highest BCUT2D eigenvalue weighted by Crippen LogP contribution is 2.25. The Balaban J connectivity index is 1.50. The average molecular weight is 371 g/mol. The SMILES string of the molecule is COc1ccccc1C(=O)Nc1ccc(-c2nnc(-c3ccccc3)o2)cc1. The first kappa shape index (κ1) is 17.5. The van der Waals surface area contributed by atoms with Gasteiger partial charge in [-0.25, -0.2) is 0 Å². The maximum atomic E-state index is 12.5. The molecular weight excluding hydrogens is 354 g/mol. The lowest BCUT2D eigenvalue weighted by atomic mass is 10.1. The first-order valence-corrected chi connectivity index (χ1v) is 8.68. The number of nitrogens with zero attached hydrogens (tertiary/aromatic N) is 2. The van der Waals surface area contributed by atoms with Gasteiger partial charge in [0.1, 0.15) is 5.75 Å². The van der Waals surface area contributed by atoms with Gasteiger partial charge >= 0.3 is 0 Å². The molecule has 0 atom stereocenters. The maximum absolute atomic E-state index is 12.5. The second kappa shape index (κ2) is 7.75. The summed E-state index contributed by atoms with van der Waals surface area (Å²) in [5.74, 6) is 1.16. The average Bonchev–Trinajstić information content (AvgIpc) is 3.25. The molecule has 1 heterocycles. The monoisotopic (exact) mass is 371 g/mol. The fourth-order valence-corrected chi connectivity index (χ4v) is 2.76. The Bertz CT molecular complexity index is 1090. The Morgan fingerprint density at radius 3 is 2.11 bits per heavy atom. The first-order valence-electron chi connectivity index (χ1n) is 8.68. The Labute approximate surface area is 161 Å². The molecule has 4 rings (SSSR count). The van der Waals surface area contributed by atoms with Crippen LogP contribution >= 0.6 is 0 Å². The first-order chi connectivity index (χ1) is 13.7. The molecule has 3 aromatic carbocycles. The number of carbonyl (C=O) groups is 1. The number of aromatic nitrogens is 2. The van der Waals surface area contributed by atoms with Crippen molar-refractivity contribution in [1.29, 1.82) is 0 Å². The summed E-state index contributed by atoms with van der Waals surface area (Å²) < 4.78 is 11.0. The van der Waals surface area contributed by atoms with Crippen LogP contribution in [0.3, 0.4) is 0 Å². The van der Waals surface area contributed by atoms with E-state index in [1.807, 2.05) is 48.5 Å². The zero-order valence-corrected chi connectivity index (χ0v) is 15.1. The van der Waals surface area contributed by atoms with Gasteiger partial charge < -0.3 is 14.5 Å². The number of methoxy groups -OCH3 is 1. The second-order valence-corrected chi connectivity index (χ2v) is 6.01. The van der Waals surface area contributed by atoms with Crippen LogP contribution in [0.1, 0.15) is 10.4 Å². The normalized spacial score (nSPS) is 10.5. The van der Waals surface area contributed by atoms with Crippen molar-refractivity contribution >= 4 is 11.6 Å². The summed E-state index contributed by atoms with van der Waals surface area (Å²) in [5, 5.41) is 11.1. The van der Waals surface area contributed by atoms with E-state index in [9.17, 15) is 4.79 Å². The Hall–Kier alpha value is -3.93. The van der Waals surface area contributed by atoms with Crippen molar-refractivity contribution in [2.75, 3.05) is 12.4 Å². The van der Waals surface area contributed by atoms with Gasteiger partial charge in [-0.1, -0.05) is 30.3 Å². The minimum absolute atomic E-state index is 0.241. The molecule has 28 heavy (non-hydrogen) atoms. The topological polar surface area (TPSA) is 77.2 Å². The molecule has 4 aromatic rings. The quantitative estimate of drug-likeness (QED) is 0.552. The van der Waals surface area contributed by atoms with E-state index in [4.69, 9.17) is 9.15 Å². The molecule has 0 radical (unpaired) electrons. The number of carbonyl (C=O) groups excluding carboxylic acids is 1. The third-order valence-electron chi connectivity index (χ3n) is 4.19. The van der Waals surface area contributed by atoms with Crippen LogP contribution in [0.25, 0.3) is 22.9 Å². The molecule has 0 aliphatic heterocycles. The molecule has 0 aliphatic rings. The number of hydrogen-bond donors (Lipinski definition) is 1. The number of hydrogen-bond acceptors (Lipinski definition) is 5. The molecule has 0 fully saturated rings. The molecule has 138 valence electrons. The van der Waals surface area contributed by atoms with E-state index in [2.05, 4.69) is 15.5 Å². The highest BCUT2D eigenvalue weighted by atomic mass is 16.5. The summed E-state index contributed by atoms with van der Waals surface area (Å²) in [6.07, 6.45) is 0. The van der Waals surface area contributed by atoms with Crippen LogP contribution in [0.2, 0.25) is 0 Å². The molecule has 0 aliphatic carbocycles. The third-order valence-corrected chi connectivity index (χ3v) is 4.19. The van der Waals surface area contributed by atoms with Gasteiger partial charge in [0.15, 0.2) is 0 Å². The number of amides is 1. The van der Waals surface area contributed by atoms with Gasteiger partial charge in [0.25, 0.3) is 5.91 Å². The third kappa shape index (κ3) is 3.61. The summed E-state index contributed by atoms with van der Waals surface area (Å²) >= 11 is 0. The Morgan fingerprint density at radius 1 is 0.821 bits per heavy atom. The number of para-hydroxylation sites is 1. The molecule has 1 N–H and O–H groups in total. The second-order valence-electron chi connectivity index (χ2n) is 6.01. The highest BCUT2D eigenvalue weighted by Gasteiger charge is 2.13. The molecule has 1 amide bonds. The van der Waals surface area contributed by atoms with Crippen LogP contribution in [0.4, 0.5) is 5.69 Å². The highest BCUT2D eigenvalue weighted by molar-refractivity contribution is 6.06. The smallest absolute Gasteiger partial charge is 0.259 e. The molecule has 0 saturated carbocycles. The van der Waals surface area contributed by atoms with Crippen LogP contribution in [-0.2, 0) is 0 Å². The van der Waals surface area contributed by atoms with Crippen molar-refractivity contribution in [2.45, 2.75) is 0 Å². The summed E-state index contributed by atoms with van der Waals surface area (Å²) in [7, 11) is 1.54. The molecule has 0 spiro atoms. The number of anilines is 1. The fraction of sp³-hybridized carbons (Fsp3) is 0.0455. The number of nitrogens with one attached hydrogen (secondary N) is 1. The fourth-order valence-electron chi connectivity index (χ4n) is 2.76. The van der Waals surface area contributed by atoms with Gasteiger partial charge in [-0.05, 0) is 48.5 Å². The number of ether oxygens (including phenoxy) is 1. The minimum Gasteiger partial charge on any atom is -0.496 e. The maximum Gasteiger partial charge on any atom is 0.259 e. The predicted octanol–water partition coefficient (Wildman–Crippen LogP) is 4.66. The number of rotatable bonds is 5. The van der Waals surface area contributed by atoms with Crippen molar-refractivity contribution < 1.29 is 13.9 Å². The zero-order valence-electron chi connectivity index (χ0n) is 15.1. The lowest BCUT2D eigenvalue weighted by molar-refractivity contribution is 0.102.